The van der Waals surface area contributed by atoms with E-state index in [9.17, 15) is 4.79 Å². The highest BCUT2D eigenvalue weighted by molar-refractivity contribution is 7.99. The minimum Gasteiger partial charge on any atom is -0.416 e. The molecule has 0 amide bonds. The molecule has 2 aromatic carbocycles. The molecule has 0 radical (unpaired) electrons. The molecule has 0 saturated heterocycles. The number of aromatic nitrogens is 2. The number of nitrogens with zero attached hydrogens (tertiary/aromatic N) is 2. The van der Waals surface area contributed by atoms with Gasteiger partial charge in [-0.1, -0.05) is 61.2 Å². The summed E-state index contributed by atoms with van der Waals surface area (Å²) in [6.07, 6.45) is 4.09. The van der Waals surface area contributed by atoms with Crippen LogP contribution >= 0.6 is 11.8 Å². The Kier molecular flexibility index (Phi) is 5.39. The van der Waals surface area contributed by atoms with Gasteiger partial charge >= 0.3 is 0 Å². The molecule has 4 rings (SSSR count). The van der Waals surface area contributed by atoms with Gasteiger partial charge in [0.05, 0.1) is 5.75 Å². The molecule has 1 aliphatic carbocycles. The number of rotatable bonds is 7. The standard InChI is InChI=1S/C22H22N2O2S/c1-15(16-6-3-2-4-7-16)12-21-23-24-22(26-21)27-14-20(25)19-11-10-17-8-5-9-18(17)13-19/h2-4,6-7,10-11,13,15H,5,8-9,12,14H2,1H3. The van der Waals surface area contributed by atoms with E-state index in [0.29, 0.717) is 29.2 Å². The third kappa shape index (κ3) is 4.30. The van der Waals surface area contributed by atoms with Gasteiger partial charge in [-0.25, -0.2) is 0 Å². The smallest absolute Gasteiger partial charge is 0.277 e. The van der Waals surface area contributed by atoms with Crippen molar-refractivity contribution in [3.05, 3.63) is 76.7 Å². The highest BCUT2D eigenvalue weighted by Crippen LogP contribution is 2.25. The highest BCUT2D eigenvalue weighted by atomic mass is 32.2. The second-order valence-electron chi connectivity index (χ2n) is 7.03. The molecule has 1 heterocycles. The number of aryl methyl sites for hydroxylation is 2. The average molecular weight is 378 g/mol. The van der Waals surface area contributed by atoms with E-state index in [0.717, 1.165) is 18.4 Å². The van der Waals surface area contributed by atoms with Crippen LogP contribution in [0.15, 0.2) is 58.2 Å². The second kappa shape index (κ2) is 8.09. The second-order valence-corrected chi connectivity index (χ2v) is 7.95. The Labute approximate surface area is 163 Å². The normalized spacial score (nSPS) is 14.1. The summed E-state index contributed by atoms with van der Waals surface area (Å²) in [5, 5.41) is 8.67. The molecular formula is C22H22N2O2S. The number of thioether (sulfide) groups is 1. The highest BCUT2D eigenvalue weighted by Gasteiger charge is 2.16. The van der Waals surface area contributed by atoms with Gasteiger partial charge in [-0.2, -0.15) is 0 Å². The van der Waals surface area contributed by atoms with Crippen LogP contribution in [-0.2, 0) is 19.3 Å². The van der Waals surface area contributed by atoms with Crippen molar-refractivity contribution in [1.29, 1.82) is 0 Å². The molecule has 0 saturated carbocycles. The first-order valence-electron chi connectivity index (χ1n) is 9.34. The van der Waals surface area contributed by atoms with Crippen LogP contribution in [0, 0.1) is 0 Å². The third-order valence-electron chi connectivity index (χ3n) is 5.04. The van der Waals surface area contributed by atoms with E-state index in [-0.39, 0.29) is 5.78 Å². The van der Waals surface area contributed by atoms with Crippen molar-refractivity contribution in [2.24, 2.45) is 0 Å². The molecule has 0 fully saturated rings. The number of benzene rings is 2. The summed E-state index contributed by atoms with van der Waals surface area (Å²) in [5.74, 6) is 1.33. The number of fused-ring (bicyclic) bond motifs is 1. The molecule has 1 unspecified atom stereocenters. The van der Waals surface area contributed by atoms with Crippen molar-refractivity contribution in [3.8, 4) is 0 Å². The molecule has 0 bridgehead atoms. The molecule has 5 heteroatoms. The van der Waals surface area contributed by atoms with E-state index in [1.807, 2.05) is 30.3 Å². The molecule has 1 atom stereocenters. The lowest BCUT2D eigenvalue weighted by Gasteiger charge is -2.08. The van der Waals surface area contributed by atoms with E-state index < -0.39 is 0 Å². The van der Waals surface area contributed by atoms with Crippen molar-refractivity contribution in [2.45, 2.75) is 43.7 Å². The number of hydrogen-bond donors (Lipinski definition) is 0. The SMILES string of the molecule is CC(Cc1nnc(SCC(=O)c2ccc3c(c2)CCC3)o1)c1ccccc1. The van der Waals surface area contributed by atoms with E-state index in [1.165, 1.54) is 34.9 Å². The van der Waals surface area contributed by atoms with Crippen molar-refractivity contribution >= 4 is 17.5 Å². The minimum atomic E-state index is 0.104. The van der Waals surface area contributed by atoms with E-state index in [2.05, 4.69) is 35.3 Å². The number of hydrogen-bond acceptors (Lipinski definition) is 5. The summed E-state index contributed by atoms with van der Waals surface area (Å²) in [6.45, 7) is 2.14. The minimum absolute atomic E-state index is 0.104. The number of carbonyl (C=O) groups is 1. The average Bonchev–Trinajstić information content (AvgIpc) is 3.35. The van der Waals surface area contributed by atoms with E-state index in [1.54, 1.807) is 0 Å². The Bertz CT molecular complexity index is 936. The Balaban J connectivity index is 1.33. The number of Topliss-reactive ketones (excluding diaryl/α,β-unsaturated/α-hetero) is 1. The zero-order valence-electron chi connectivity index (χ0n) is 15.4. The molecular weight excluding hydrogens is 356 g/mol. The fourth-order valence-corrected chi connectivity index (χ4v) is 4.17. The first-order chi connectivity index (χ1) is 13.2. The van der Waals surface area contributed by atoms with Crippen LogP contribution in [0.3, 0.4) is 0 Å². The predicted octanol–water partition coefficient (Wildman–Crippen LogP) is 4.88. The number of carbonyl (C=O) groups excluding carboxylic acids is 1. The lowest BCUT2D eigenvalue weighted by molar-refractivity contribution is 0.102. The van der Waals surface area contributed by atoms with Gasteiger partial charge in [0.15, 0.2) is 5.78 Å². The molecule has 3 aromatic rings. The van der Waals surface area contributed by atoms with Gasteiger partial charge in [-0.15, -0.1) is 10.2 Å². The third-order valence-corrected chi connectivity index (χ3v) is 5.86. The van der Waals surface area contributed by atoms with Gasteiger partial charge in [0.2, 0.25) is 5.89 Å². The van der Waals surface area contributed by atoms with Crippen LogP contribution in [0.4, 0.5) is 0 Å². The van der Waals surface area contributed by atoms with Crippen molar-refractivity contribution in [2.75, 3.05) is 5.75 Å². The van der Waals surface area contributed by atoms with Crippen LogP contribution in [0.25, 0.3) is 0 Å². The topological polar surface area (TPSA) is 56.0 Å². The fraction of sp³-hybridized carbons (Fsp3) is 0.318. The Morgan fingerprint density at radius 1 is 1.11 bits per heavy atom. The maximum atomic E-state index is 12.5. The Hall–Kier alpha value is -2.40. The lowest BCUT2D eigenvalue weighted by atomic mass is 9.98. The molecule has 1 aliphatic rings. The van der Waals surface area contributed by atoms with Crippen LogP contribution in [0.2, 0.25) is 0 Å². The summed E-state index contributed by atoms with van der Waals surface area (Å²) in [6, 6.07) is 16.4. The largest absolute Gasteiger partial charge is 0.416 e. The Morgan fingerprint density at radius 2 is 1.93 bits per heavy atom. The molecule has 138 valence electrons. The monoisotopic (exact) mass is 378 g/mol. The molecule has 0 N–H and O–H groups in total. The van der Waals surface area contributed by atoms with Crippen molar-refractivity contribution < 1.29 is 9.21 Å². The summed E-state index contributed by atoms with van der Waals surface area (Å²) >= 11 is 1.31. The molecule has 0 aliphatic heterocycles. The molecule has 4 nitrogen and oxygen atoms in total. The van der Waals surface area contributed by atoms with Gasteiger partial charge in [0.1, 0.15) is 0 Å². The summed E-state index contributed by atoms with van der Waals surface area (Å²) in [7, 11) is 0. The quantitative estimate of drug-likeness (QED) is 0.433. The van der Waals surface area contributed by atoms with Crippen molar-refractivity contribution in [3.63, 3.8) is 0 Å². The van der Waals surface area contributed by atoms with Gasteiger partial charge in [-0.05, 0) is 47.9 Å². The first kappa shape index (κ1) is 18.0. The zero-order valence-corrected chi connectivity index (χ0v) is 16.2. The van der Waals surface area contributed by atoms with Crippen LogP contribution in [0.1, 0.15) is 52.2 Å². The van der Waals surface area contributed by atoms with E-state index >= 15 is 0 Å². The fourth-order valence-electron chi connectivity index (χ4n) is 3.50. The van der Waals surface area contributed by atoms with E-state index in [4.69, 9.17) is 4.42 Å². The van der Waals surface area contributed by atoms with Gasteiger partial charge in [-0.3, -0.25) is 4.79 Å². The van der Waals surface area contributed by atoms with Crippen LogP contribution in [0.5, 0.6) is 0 Å². The zero-order chi connectivity index (χ0) is 18.6. The number of ketones is 1. The predicted molar refractivity (Wildman–Crippen MR) is 106 cm³/mol. The lowest BCUT2D eigenvalue weighted by Crippen LogP contribution is -2.03. The maximum absolute atomic E-state index is 12.5. The first-order valence-corrected chi connectivity index (χ1v) is 10.3. The summed E-state index contributed by atoms with van der Waals surface area (Å²) in [5.41, 5.74) is 4.73. The van der Waals surface area contributed by atoms with Gasteiger partial charge < -0.3 is 4.42 Å². The molecule has 27 heavy (non-hydrogen) atoms. The Morgan fingerprint density at radius 3 is 2.78 bits per heavy atom. The van der Waals surface area contributed by atoms with Crippen LogP contribution < -0.4 is 0 Å². The van der Waals surface area contributed by atoms with Gasteiger partial charge in [0.25, 0.3) is 5.22 Å². The van der Waals surface area contributed by atoms with Crippen LogP contribution in [-0.4, -0.2) is 21.7 Å². The summed E-state index contributed by atoms with van der Waals surface area (Å²) < 4.78 is 5.72. The summed E-state index contributed by atoms with van der Waals surface area (Å²) in [4.78, 5) is 12.5. The maximum Gasteiger partial charge on any atom is 0.277 e. The van der Waals surface area contributed by atoms with Gasteiger partial charge in [0, 0.05) is 12.0 Å². The molecule has 1 aromatic heterocycles. The molecule has 0 spiro atoms. The van der Waals surface area contributed by atoms with Crippen molar-refractivity contribution in [1.82, 2.24) is 10.2 Å².